The van der Waals surface area contributed by atoms with Gasteiger partial charge in [-0.05, 0) is 74.0 Å². The summed E-state index contributed by atoms with van der Waals surface area (Å²) in [5.74, 6) is 2.94. The van der Waals surface area contributed by atoms with Crippen molar-refractivity contribution < 1.29 is 0 Å². The molecule has 0 N–H and O–H groups in total. The van der Waals surface area contributed by atoms with Gasteiger partial charge >= 0.3 is 0 Å². The second-order valence-corrected chi connectivity index (χ2v) is 7.87. The molecule has 1 aromatic rings. The van der Waals surface area contributed by atoms with Crippen LogP contribution in [0.4, 0.5) is 0 Å². The molecule has 0 amide bonds. The average molecular weight is 318 g/mol. The molecule has 4 bridgehead atoms. The maximum Gasteiger partial charge on any atom is 0.0616 e. The molecule has 0 atom stereocenters. The van der Waals surface area contributed by atoms with Crippen molar-refractivity contribution in [1.29, 1.82) is 0 Å². The summed E-state index contributed by atoms with van der Waals surface area (Å²) in [4.78, 5) is 5.08. The first kappa shape index (κ1) is 12.1. The molecule has 0 radical (unpaired) electrons. The van der Waals surface area contributed by atoms with Crippen molar-refractivity contribution in [3.8, 4) is 0 Å². The predicted octanol–water partition coefficient (Wildman–Crippen LogP) is 4.84. The molecule has 4 fully saturated rings. The van der Waals surface area contributed by atoms with Crippen LogP contribution >= 0.6 is 15.9 Å². The number of hydrogen-bond acceptors (Lipinski definition) is 1. The second kappa shape index (κ2) is 4.44. The highest BCUT2D eigenvalue weighted by Gasteiger charge is 2.50. The molecule has 0 heterocycles. The van der Waals surface area contributed by atoms with Crippen molar-refractivity contribution in [1.82, 2.24) is 0 Å². The van der Waals surface area contributed by atoms with Gasteiger partial charge in [0.05, 0.1) is 5.54 Å². The van der Waals surface area contributed by atoms with E-state index in [9.17, 15) is 0 Å². The molecule has 4 saturated carbocycles. The smallest absolute Gasteiger partial charge is 0.0616 e. The third kappa shape index (κ3) is 2.29. The summed E-state index contributed by atoms with van der Waals surface area (Å²) in [6.45, 7) is 0. The van der Waals surface area contributed by atoms with Crippen LogP contribution in [0.1, 0.15) is 44.1 Å². The van der Waals surface area contributed by atoms with Gasteiger partial charge in [0.15, 0.2) is 0 Å². The summed E-state index contributed by atoms with van der Waals surface area (Å²) in [7, 11) is 0. The highest BCUT2D eigenvalue weighted by Crippen LogP contribution is 2.57. The maximum atomic E-state index is 5.08. The van der Waals surface area contributed by atoms with Gasteiger partial charge in [-0.2, -0.15) is 0 Å². The number of aliphatic imine (C=N–C) groups is 1. The summed E-state index contributed by atoms with van der Waals surface area (Å²) in [5, 5.41) is 0. The summed E-state index contributed by atoms with van der Waals surface area (Å²) in [5.41, 5.74) is 1.54. The Hall–Kier alpha value is -0.630. The fourth-order valence-electron chi connectivity index (χ4n) is 4.98. The van der Waals surface area contributed by atoms with Gasteiger partial charge in [-0.25, -0.2) is 0 Å². The van der Waals surface area contributed by atoms with Gasteiger partial charge in [-0.3, -0.25) is 4.99 Å². The normalized spacial score (nSPS) is 40.2. The van der Waals surface area contributed by atoms with Gasteiger partial charge in [-0.15, -0.1) is 0 Å². The third-order valence-corrected chi connectivity index (χ3v) is 5.89. The van der Waals surface area contributed by atoms with Crippen molar-refractivity contribution in [2.75, 3.05) is 0 Å². The van der Waals surface area contributed by atoms with Crippen LogP contribution in [-0.4, -0.2) is 11.8 Å². The van der Waals surface area contributed by atoms with Crippen LogP contribution in [0.3, 0.4) is 0 Å². The molecule has 4 aliphatic carbocycles. The van der Waals surface area contributed by atoms with E-state index in [0.29, 0.717) is 5.54 Å². The number of benzene rings is 1. The van der Waals surface area contributed by atoms with E-state index in [0.717, 1.165) is 22.2 Å². The van der Waals surface area contributed by atoms with E-state index >= 15 is 0 Å². The summed E-state index contributed by atoms with van der Waals surface area (Å²) < 4.78 is 1.14. The molecular formula is C17H20BrN. The zero-order valence-corrected chi connectivity index (χ0v) is 12.8. The topological polar surface area (TPSA) is 12.4 Å². The first-order chi connectivity index (χ1) is 9.21. The van der Waals surface area contributed by atoms with Gasteiger partial charge in [0.1, 0.15) is 0 Å². The van der Waals surface area contributed by atoms with Crippen molar-refractivity contribution >= 4 is 22.1 Å². The van der Waals surface area contributed by atoms with Crippen LogP contribution in [0, 0.1) is 17.8 Å². The molecule has 0 aliphatic heterocycles. The zero-order chi connectivity index (χ0) is 12.9. The minimum absolute atomic E-state index is 0.307. The molecule has 0 spiro atoms. The van der Waals surface area contributed by atoms with Crippen LogP contribution in [0.15, 0.2) is 33.7 Å². The molecule has 0 unspecified atom stereocenters. The van der Waals surface area contributed by atoms with E-state index in [4.69, 9.17) is 4.99 Å². The first-order valence-electron chi connectivity index (χ1n) is 7.52. The molecule has 0 saturated heterocycles. The Kier molecular flexibility index (Phi) is 2.84. The van der Waals surface area contributed by atoms with E-state index in [1.807, 2.05) is 0 Å². The van der Waals surface area contributed by atoms with E-state index in [-0.39, 0.29) is 0 Å². The highest BCUT2D eigenvalue weighted by atomic mass is 79.9. The van der Waals surface area contributed by atoms with Crippen LogP contribution in [0.25, 0.3) is 0 Å². The third-order valence-electron chi connectivity index (χ3n) is 5.36. The SMILES string of the molecule is Brc1ccc(C=NC23CC4CC(CC(C4)C2)C3)cc1. The molecule has 1 nitrogen and oxygen atoms in total. The van der Waals surface area contributed by atoms with Crippen LogP contribution < -0.4 is 0 Å². The molecular weight excluding hydrogens is 298 g/mol. The van der Waals surface area contributed by atoms with Gasteiger partial charge in [0.2, 0.25) is 0 Å². The van der Waals surface area contributed by atoms with E-state index in [1.54, 1.807) is 0 Å². The lowest BCUT2D eigenvalue weighted by molar-refractivity contribution is 0.00195. The van der Waals surface area contributed by atoms with Crippen molar-refractivity contribution in [3.63, 3.8) is 0 Å². The highest BCUT2D eigenvalue weighted by molar-refractivity contribution is 9.10. The Labute approximate surface area is 123 Å². The number of halogens is 1. The quantitative estimate of drug-likeness (QED) is 0.692. The Morgan fingerprint density at radius 3 is 2.00 bits per heavy atom. The fraction of sp³-hybridized carbons (Fsp3) is 0.588. The number of nitrogens with zero attached hydrogens (tertiary/aromatic N) is 1. The summed E-state index contributed by atoms with van der Waals surface area (Å²) in [6.07, 6.45) is 10.7. The number of hydrogen-bond donors (Lipinski definition) is 0. The van der Waals surface area contributed by atoms with Gasteiger partial charge in [0, 0.05) is 10.7 Å². The molecule has 2 heteroatoms. The Balaban J connectivity index is 1.57. The minimum atomic E-state index is 0.307. The lowest BCUT2D eigenvalue weighted by atomic mass is 9.53. The van der Waals surface area contributed by atoms with Gasteiger partial charge in [0.25, 0.3) is 0 Å². The lowest BCUT2D eigenvalue weighted by Gasteiger charge is -2.54. The molecule has 1 aromatic carbocycles. The zero-order valence-electron chi connectivity index (χ0n) is 11.2. The average Bonchev–Trinajstić information content (AvgIpc) is 2.36. The Morgan fingerprint density at radius 1 is 0.947 bits per heavy atom. The molecule has 5 rings (SSSR count). The van der Waals surface area contributed by atoms with Gasteiger partial charge in [-0.1, -0.05) is 28.1 Å². The van der Waals surface area contributed by atoms with Crippen LogP contribution in [0.2, 0.25) is 0 Å². The monoisotopic (exact) mass is 317 g/mol. The maximum absolute atomic E-state index is 5.08. The van der Waals surface area contributed by atoms with Gasteiger partial charge < -0.3 is 0 Å². The minimum Gasteiger partial charge on any atom is -0.286 e. The largest absolute Gasteiger partial charge is 0.286 e. The van der Waals surface area contributed by atoms with Crippen LogP contribution in [0.5, 0.6) is 0 Å². The van der Waals surface area contributed by atoms with Crippen LogP contribution in [-0.2, 0) is 0 Å². The van der Waals surface area contributed by atoms with E-state index < -0.39 is 0 Å². The molecule has 4 aliphatic rings. The number of rotatable bonds is 2. The van der Waals surface area contributed by atoms with Crippen molar-refractivity contribution in [3.05, 3.63) is 34.3 Å². The Morgan fingerprint density at radius 2 is 1.47 bits per heavy atom. The fourth-order valence-corrected chi connectivity index (χ4v) is 5.25. The first-order valence-corrected chi connectivity index (χ1v) is 8.31. The summed E-state index contributed by atoms with van der Waals surface area (Å²) in [6, 6.07) is 8.49. The van der Waals surface area contributed by atoms with Crippen molar-refractivity contribution in [2.45, 2.75) is 44.1 Å². The predicted molar refractivity (Wildman–Crippen MR) is 82.6 cm³/mol. The second-order valence-electron chi connectivity index (χ2n) is 6.95. The molecule has 0 aromatic heterocycles. The molecule has 19 heavy (non-hydrogen) atoms. The lowest BCUT2D eigenvalue weighted by Crippen LogP contribution is -2.49. The van der Waals surface area contributed by atoms with E-state index in [1.165, 1.54) is 44.1 Å². The summed E-state index contributed by atoms with van der Waals surface area (Å²) >= 11 is 3.48. The Bertz CT molecular complexity index is 467. The van der Waals surface area contributed by atoms with E-state index in [2.05, 4.69) is 46.4 Å². The standard InChI is InChI=1S/C17H20BrN/c18-16-3-1-12(2-4-16)11-19-17-8-13-5-14(9-17)7-15(6-13)10-17/h1-4,11,13-15H,5-10H2. The van der Waals surface area contributed by atoms with Crippen molar-refractivity contribution in [2.24, 2.45) is 22.7 Å². The molecule has 100 valence electrons.